The van der Waals surface area contributed by atoms with Crippen molar-refractivity contribution in [3.05, 3.63) is 35.4 Å². The number of hydrogen-bond acceptors (Lipinski definition) is 3. The fraction of sp³-hybridized carbons (Fsp3) is 0.600. The minimum absolute atomic E-state index is 0.0321. The molecule has 0 unspecified atom stereocenters. The molecule has 1 N–H and O–H groups in total. The molecular weight excluding hydrogens is 332 g/mol. The van der Waals surface area contributed by atoms with E-state index in [4.69, 9.17) is 0 Å². The van der Waals surface area contributed by atoms with Crippen molar-refractivity contribution in [3.63, 3.8) is 0 Å². The number of carbonyl (C=O) groups is 2. The summed E-state index contributed by atoms with van der Waals surface area (Å²) in [4.78, 5) is 28.0. The van der Waals surface area contributed by atoms with Crippen molar-refractivity contribution in [1.82, 2.24) is 10.2 Å². The number of nitrogens with zero attached hydrogens (tertiary/aromatic N) is 1. The van der Waals surface area contributed by atoms with Crippen LogP contribution in [-0.4, -0.2) is 39.4 Å². The lowest BCUT2D eigenvalue weighted by molar-refractivity contribution is -0.126. The Kier molecular flexibility index (Phi) is 5.57. The summed E-state index contributed by atoms with van der Waals surface area (Å²) in [7, 11) is 0. The van der Waals surface area contributed by atoms with Crippen LogP contribution < -0.4 is 5.32 Å². The number of amides is 2. The van der Waals surface area contributed by atoms with Crippen LogP contribution >= 0.6 is 11.8 Å². The molecule has 1 aliphatic heterocycles. The Hall–Kier alpha value is -1.49. The summed E-state index contributed by atoms with van der Waals surface area (Å²) in [6.07, 6.45) is 0. The fourth-order valence-electron chi connectivity index (χ4n) is 3.03. The summed E-state index contributed by atoms with van der Waals surface area (Å²) < 4.78 is 0. The Bertz CT molecular complexity index is 658. The number of rotatable bonds is 2. The molecule has 0 aliphatic carbocycles. The normalized spacial score (nSPS) is 21.3. The van der Waals surface area contributed by atoms with E-state index >= 15 is 0 Å². The quantitative estimate of drug-likeness (QED) is 0.870. The summed E-state index contributed by atoms with van der Waals surface area (Å²) in [5.41, 5.74) is 1.18. The highest BCUT2D eigenvalue weighted by Gasteiger charge is 2.47. The molecule has 0 aromatic heterocycles. The Morgan fingerprint density at radius 1 is 1.12 bits per heavy atom. The summed E-state index contributed by atoms with van der Waals surface area (Å²) in [5, 5.41) is 3.01. The molecular formula is C20H30N2O2S. The van der Waals surface area contributed by atoms with Crippen molar-refractivity contribution < 1.29 is 9.59 Å². The van der Waals surface area contributed by atoms with Crippen LogP contribution in [-0.2, 0) is 4.79 Å². The van der Waals surface area contributed by atoms with E-state index in [0.717, 1.165) is 5.56 Å². The molecule has 138 valence electrons. The smallest absolute Gasteiger partial charge is 0.255 e. The molecule has 2 amide bonds. The Morgan fingerprint density at radius 2 is 1.72 bits per heavy atom. The SMILES string of the molecule is Cc1ccccc1C(=O)N1[C@H](C(C)(C)C)SC[C@H]1C(=O)NC(C)(C)C. The number of benzene rings is 1. The third-order valence-corrected chi connectivity index (χ3v) is 5.91. The van der Waals surface area contributed by atoms with Gasteiger partial charge >= 0.3 is 0 Å². The average molecular weight is 363 g/mol. The van der Waals surface area contributed by atoms with Gasteiger partial charge in [0, 0.05) is 16.9 Å². The topological polar surface area (TPSA) is 49.4 Å². The second-order valence-corrected chi connectivity index (χ2v) is 9.95. The minimum atomic E-state index is -0.444. The van der Waals surface area contributed by atoms with Crippen molar-refractivity contribution in [2.75, 3.05) is 5.75 Å². The van der Waals surface area contributed by atoms with Gasteiger partial charge in [-0.05, 0) is 44.7 Å². The van der Waals surface area contributed by atoms with Gasteiger partial charge in [0.05, 0.1) is 5.37 Å². The van der Waals surface area contributed by atoms with E-state index in [1.54, 1.807) is 16.7 Å². The fourth-order valence-corrected chi connectivity index (χ4v) is 4.61. The van der Waals surface area contributed by atoms with Gasteiger partial charge in [0.2, 0.25) is 5.91 Å². The third-order valence-electron chi connectivity index (χ3n) is 4.15. The Labute approximate surface area is 155 Å². The molecule has 2 rings (SSSR count). The largest absolute Gasteiger partial charge is 0.350 e. The van der Waals surface area contributed by atoms with Gasteiger partial charge in [0.25, 0.3) is 5.91 Å². The first-order valence-electron chi connectivity index (χ1n) is 8.74. The molecule has 25 heavy (non-hydrogen) atoms. The predicted octanol–water partition coefficient (Wildman–Crippen LogP) is 3.84. The molecule has 4 nitrogen and oxygen atoms in total. The molecule has 1 aromatic carbocycles. The summed E-state index contributed by atoms with van der Waals surface area (Å²) >= 11 is 1.69. The monoisotopic (exact) mass is 362 g/mol. The van der Waals surface area contributed by atoms with E-state index in [0.29, 0.717) is 11.3 Å². The minimum Gasteiger partial charge on any atom is -0.350 e. The van der Waals surface area contributed by atoms with Crippen molar-refractivity contribution in [1.29, 1.82) is 0 Å². The summed E-state index contributed by atoms with van der Waals surface area (Å²) in [6.45, 7) is 14.2. The second-order valence-electron chi connectivity index (χ2n) is 8.83. The summed E-state index contributed by atoms with van der Waals surface area (Å²) in [5.74, 6) is 0.493. The van der Waals surface area contributed by atoms with Crippen molar-refractivity contribution in [2.45, 2.75) is 65.4 Å². The highest BCUT2D eigenvalue weighted by molar-refractivity contribution is 8.00. The first-order chi connectivity index (χ1) is 11.4. The lowest BCUT2D eigenvalue weighted by atomic mass is 9.93. The van der Waals surface area contributed by atoms with Crippen molar-refractivity contribution >= 4 is 23.6 Å². The highest BCUT2D eigenvalue weighted by atomic mass is 32.2. The zero-order valence-electron chi connectivity index (χ0n) is 16.3. The van der Waals surface area contributed by atoms with E-state index in [2.05, 4.69) is 26.1 Å². The van der Waals surface area contributed by atoms with E-state index < -0.39 is 6.04 Å². The molecule has 1 saturated heterocycles. The lowest BCUT2D eigenvalue weighted by Crippen LogP contribution is -2.55. The molecule has 1 heterocycles. The molecule has 5 heteroatoms. The Balaban J connectivity index is 2.39. The van der Waals surface area contributed by atoms with Gasteiger partial charge in [0.15, 0.2) is 0 Å². The van der Waals surface area contributed by atoms with Gasteiger partial charge < -0.3 is 10.2 Å². The van der Waals surface area contributed by atoms with Crippen LogP contribution in [0.3, 0.4) is 0 Å². The Morgan fingerprint density at radius 3 is 2.24 bits per heavy atom. The van der Waals surface area contributed by atoms with E-state index in [1.807, 2.05) is 52.0 Å². The zero-order valence-corrected chi connectivity index (χ0v) is 17.2. The number of thioether (sulfide) groups is 1. The maximum Gasteiger partial charge on any atom is 0.255 e. The molecule has 0 saturated carbocycles. The lowest BCUT2D eigenvalue weighted by Gasteiger charge is -2.37. The summed E-state index contributed by atoms with van der Waals surface area (Å²) in [6, 6.07) is 7.14. The highest BCUT2D eigenvalue weighted by Crippen LogP contribution is 2.41. The van der Waals surface area contributed by atoms with Crippen LogP contribution in [0, 0.1) is 12.3 Å². The van der Waals surface area contributed by atoms with Gasteiger partial charge in [0.1, 0.15) is 6.04 Å². The number of aryl methyl sites for hydroxylation is 1. The van der Waals surface area contributed by atoms with Crippen molar-refractivity contribution in [2.24, 2.45) is 5.41 Å². The van der Waals surface area contributed by atoms with Crippen LogP contribution in [0.1, 0.15) is 57.5 Å². The van der Waals surface area contributed by atoms with Crippen LogP contribution in [0.4, 0.5) is 0 Å². The zero-order chi connectivity index (χ0) is 19.0. The number of nitrogens with one attached hydrogen (secondary N) is 1. The molecule has 1 fully saturated rings. The van der Waals surface area contributed by atoms with Crippen LogP contribution in [0.25, 0.3) is 0 Å². The van der Waals surface area contributed by atoms with Gasteiger partial charge in [-0.25, -0.2) is 0 Å². The molecule has 1 aromatic rings. The first-order valence-corrected chi connectivity index (χ1v) is 9.78. The van der Waals surface area contributed by atoms with Crippen LogP contribution in [0.2, 0.25) is 0 Å². The maximum absolute atomic E-state index is 13.3. The van der Waals surface area contributed by atoms with Gasteiger partial charge in [-0.15, -0.1) is 11.8 Å². The molecule has 0 spiro atoms. The predicted molar refractivity (Wildman–Crippen MR) is 105 cm³/mol. The van der Waals surface area contributed by atoms with E-state index in [9.17, 15) is 9.59 Å². The number of hydrogen-bond donors (Lipinski definition) is 1. The maximum atomic E-state index is 13.3. The number of carbonyl (C=O) groups excluding carboxylic acids is 2. The first kappa shape index (κ1) is 19.8. The third kappa shape index (κ3) is 4.57. The van der Waals surface area contributed by atoms with Crippen LogP contribution in [0.15, 0.2) is 24.3 Å². The van der Waals surface area contributed by atoms with E-state index in [-0.39, 0.29) is 28.1 Å². The van der Waals surface area contributed by atoms with Gasteiger partial charge in [-0.2, -0.15) is 0 Å². The van der Waals surface area contributed by atoms with Gasteiger partial charge in [-0.1, -0.05) is 39.0 Å². The van der Waals surface area contributed by atoms with Gasteiger partial charge in [-0.3, -0.25) is 9.59 Å². The molecule has 0 radical (unpaired) electrons. The van der Waals surface area contributed by atoms with Crippen molar-refractivity contribution in [3.8, 4) is 0 Å². The molecule has 0 bridgehead atoms. The second kappa shape index (κ2) is 7.02. The van der Waals surface area contributed by atoms with E-state index in [1.165, 1.54) is 0 Å². The average Bonchev–Trinajstić information content (AvgIpc) is 2.90. The molecule has 1 aliphatic rings. The standard InChI is InChI=1S/C20H30N2O2S/c1-13-10-8-9-11-14(13)17(24)22-15(16(23)21-20(5,6)7)12-25-18(22)19(2,3)4/h8-11,15,18H,12H2,1-7H3,(H,21,23)/t15-,18-/m0/s1. The van der Waals surface area contributed by atoms with Crippen LogP contribution in [0.5, 0.6) is 0 Å². The molecule has 2 atom stereocenters.